The average Bonchev–Trinajstić information content (AvgIpc) is 2.78. The molecule has 0 saturated carbocycles. The monoisotopic (exact) mass is 412 g/mol. The predicted molar refractivity (Wildman–Crippen MR) is 117 cm³/mol. The minimum Gasteiger partial charge on any atom is -0.497 e. The molecule has 0 spiro atoms. The topological polar surface area (TPSA) is 60.0 Å². The maximum absolute atomic E-state index is 12.2. The molecule has 1 heterocycles. The lowest BCUT2D eigenvalue weighted by atomic mass is 9.96. The van der Waals surface area contributed by atoms with Crippen LogP contribution in [0.15, 0.2) is 42.5 Å². The summed E-state index contributed by atoms with van der Waals surface area (Å²) in [5.74, 6) is 2.53. The number of nitrogens with zero attached hydrogens (tertiary/aromatic N) is 1. The Kier molecular flexibility index (Phi) is 7.97. The highest BCUT2D eigenvalue weighted by atomic mass is 16.5. The number of rotatable bonds is 9. The Labute approximate surface area is 179 Å². The molecule has 1 fully saturated rings. The largest absolute Gasteiger partial charge is 0.497 e. The minimum absolute atomic E-state index is 0.00423. The van der Waals surface area contributed by atoms with E-state index >= 15 is 0 Å². The van der Waals surface area contributed by atoms with E-state index in [1.54, 1.807) is 14.2 Å². The van der Waals surface area contributed by atoms with Crippen molar-refractivity contribution in [3.05, 3.63) is 53.6 Å². The summed E-state index contributed by atoms with van der Waals surface area (Å²) in [4.78, 5) is 14.7. The number of hydrogen-bond donors (Lipinski definition) is 1. The molecule has 162 valence electrons. The zero-order chi connectivity index (χ0) is 21.3. The van der Waals surface area contributed by atoms with Crippen LogP contribution in [0, 0.1) is 12.8 Å². The maximum atomic E-state index is 12.2. The number of benzene rings is 2. The first-order valence-corrected chi connectivity index (χ1v) is 10.5. The second-order valence-electron chi connectivity index (χ2n) is 7.81. The lowest BCUT2D eigenvalue weighted by Gasteiger charge is -2.32. The maximum Gasteiger partial charge on any atom is 0.257 e. The van der Waals surface area contributed by atoms with E-state index in [2.05, 4.69) is 22.3 Å². The molecule has 0 radical (unpaired) electrons. The fourth-order valence-electron chi connectivity index (χ4n) is 3.68. The second kappa shape index (κ2) is 10.9. The third kappa shape index (κ3) is 6.39. The first-order valence-electron chi connectivity index (χ1n) is 10.5. The van der Waals surface area contributed by atoms with Gasteiger partial charge in [-0.2, -0.15) is 0 Å². The summed E-state index contributed by atoms with van der Waals surface area (Å²) in [5, 5.41) is 3.01. The normalized spacial score (nSPS) is 14.9. The van der Waals surface area contributed by atoms with Gasteiger partial charge in [-0.1, -0.05) is 18.2 Å². The molecule has 30 heavy (non-hydrogen) atoms. The first kappa shape index (κ1) is 22.0. The Morgan fingerprint density at radius 2 is 1.77 bits per heavy atom. The van der Waals surface area contributed by atoms with Crippen molar-refractivity contribution in [2.45, 2.75) is 26.3 Å². The molecule has 1 amide bonds. The van der Waals surface area contributed by atoms with Gasteiger partial charge in [-0.05, 0) is 74.2 Å². The molecule has 0 aromatic heterocycles. The van der Waals surface area contributed by atoms with Gasteiger partial charge in [0, 0.05) is 13.1 Å². The van der Waals surface area contributed by atoms with Crippen LogP contribution < -0.4 is 19.5 Å². The van der Waals surface area contributed by atoms with Gasteiger partial charge in [0.1, 0.15) is 5.75 Å². The number of ether oxygens (including phenoxy) is 3. The molecule has 3 rings (SSSR count). The van der Waals surface area contributed by atoms with Crippen LogP contribution in [-0.4, -0.2) is 51.3 Å². The summed E-state index contributed by atoms with van der Waals surface area (Å²) in [6.45, 7) is 5.73. The number of hydrogen-bond acceptors (Lipinski definition) is 5. The van der Waals surface area contributed by atoms with Crippen molar-refractivity contribution in [1.29, 1.82) is 0 Å². The Morgan fingerprint density at radius 3 is 2.43 bits per heavy atom. The molecule has 1 N–H and O–H groups in total. The molecule has 1 aliphatic rings. The molecular weight excluding hydrogens is 380 g/mol. The molecule has 1 aliphatic heterocycles. The van der Waals surface area contributed by atoms with Gasteiger partial charge in [0.05, 0.1) is 14.2 Å². The van der Waals surface area contributed by atoms with Gasteiger partial charge in [0.25, 0.3) is 5.91 Å². The Balaban J connectivity index is 1.35. The van der Waals surface area contributed by atoms with Gasteiger partial charge < -0.3 is 19.5 Å². The van der Waals surface area contributed by atoms with Gasteiger partial charge in [0.2, 0.25) is 0 Å². The highest BCUT2D eigenvalue weighted by molar-refractivity contribution is 5.77. The van der Waals surface area contributed by atoms with Crippen molar-refractivity contribution in [2.24, 2.45) is 5.92 Å². The Bertz CT molecular complexity index is 814. The summed E-state index contributed by atoms with van der Waals surface area (Å²) in [5.41, 5.74) is 2.38. The van der Waals surface area contributed by atoms with E-state index in [9.17, 15) is 4.79 Å². The van der Waals surface area contributed by atoms with Gasteiger partial charge in [-0.15, -0.1) is 0 Å². The third-order valence-corrected chi connectivity index (χ3v) is 5.54. The zero-order valence-electron chi connectivity index (χ0n) is 18.1. The zero-order valence-corrected chi connectivity index (χ0v) is 18.1. The van der Waals surface area contributed by atoms with Gasteiger partial charge >= 0.3 is 0 Å². The Morgan fingerprint density at radius 1 is 1.03 bits per heavy atom. The van der Waals surface area contributed by atoms with Crippen molar-refractivity contribution in [2.75, 3.05) is 40.5 Å². The molecule has 6 heteroatoms. The standard InChI is InChI=1S/C24H32N2O4/c1-18-4-9-22(23(14-18)29-3)30-17-24(27)25-15-19-10-12-26(13-11-19)16-20-5-7-21(28-2)8-6-20/h4-9,14,19H,10-13,15-17H2,1-3H3,(H,25,27). The van der Waals surface area contributed by atoms with Crippen molar-refractivity contribution in [3.63, 3.8) is 0 Å². The van der Waals surface area contributed by atoms with E-state index in [-0.39, 0.29) is 12.5 Å². The van der Waals surface area contributed by atoms with Crippen molar-refractivity contribution in [3.8, 4) is 17.2 Å². The Hall–Kier alpha value is -2.73. The van der Waals surface area contributed by atoms with Gasteiger partial charge in [-0.3, -0.25) is 9.69 Å². The van der Waals surface area contributed by atoms with Crippen LogP contribution >= 0.6 is 0 Å². The summed E-state index contributed by atoms with van der Waals surface area (Å²) < 4.78 is 16.2. The van der Waals surface area contributed by atoms with E-state index < -0.39 is 0 Å². The summed E-state index contributed by atoms with van der Waals surface area (Å²) in [7, 11) is 3.28. The number of likely N-dealkylation sites (tertiary alicyclic amines) is 1. The van der Waals surface area contributed by atoms with E-state index in [1.807, 2.05) is 37.3 Å². The fourth-order valence-corrected chi connectivity index (χ4v) is 3.68. The summed E-state index contributed by atoms with van der Waals surface area (Å²) in [6.07, 6.45) is 2.17. The van der Waals surface area contributed by atoms with E-state index in [4.69, 9.17) is 14.2 Å². The highest BCUT2D eigenvalue weighted by Crippen LogP contribution is 2.27. The van der Waals surface area contributed by atoms with Crippen molar-refractivity contribution in [1.82, 2.24) is 10.2 Å². The fraction of sp³-hybridized carbons (Fsp3) is 0.458. The van der Waals surface area contributed by atoms with Crippen LogP contribution in [0.5, 0.6) is 17.2 Å². The van der Waals surface area contributed by atoms with Gasteiger partial charge in [-0.25, -0.2) is 0 Å². The average molecular weight is 413 g/mol. The van der Waals surface area contributed by atoms with Crippen LogP contribution in [-0.2, 0) is 11.3 Å². The predicted octanol–water partition coefficient (Wildman–Crippen LogP) is 3.42. The van der Waals surface area contributed by atoms with E-state index in [1.165, 1.54) is 5.56 Å². The molecule has 0 aliphatic carbocycles. The molecule has 2 aromatic carbocycles. The molecule has 6 nitrogen and oxygen atoms in total. The van der Waals surface area contributed by atoms with Crippen molar-refractivity contribution >= 4 is 5.91 Å². The number of nitrogens with one attached hydrogen (secondary N) is 1. The number of aryl methyl sites for hydroxylation is 1. The summed E-state index contributed by atoms with van der Waals surface area (Å²) >= 11 is 0. The van der Waals surface area contributed by atoms with E-state index in [0.717, 1.165) is 43.8 Å². The molecule has 0 atom stereocenters. The number of amides is 1. The molecule has 1 saturated heterocycles. The second-order valence-corrected chi connectivity index (χ2v) is 7.81. The molecular formula is C24H32N2O4. The first-order chi connectivity index (χ1) is 14.6. The van der Waals surface area contributed by atoms with Crippen LogP contribution in [0.1, 0.15) is 24.0 Å². The van der Waals surface area contributed by atoms with Crippen LogP contribution in [0.4, 0.5) is 0 Å². The highest BCUT2D eigenvalue weighted by Gasteiger charge is 2.20. The van der Waals surface area contributed by atoms with Crippen molar-refractivity contribution < 1.29 is 19.0 Å². The SMILES string of the molecule is COc1ccc(CN2CCC(CNC(=O)COc3ccc(C)cc3OC)CC2)cc1. The molecule has 0 unspecified atom stereocenters. The van der Waals surface area contributed by atoms with Crippen LogP contribution in [0.2, 0.25) is 0 Å². The number of carbonyl (C=O) groups excluding carboxylic acids is 1. The molecule has 0 bridgehead atoms. The van der Waals surface area contributed by atoms with Crippen LogP contribution in [0.25, 0.3) is 0 Å². The summed E-state index contributed by atoms with van der Waals surface area (Å²) in [6, 6.07) is 13.9. The smallest absolute Gasteiger partial charge is 0.257 e. The quantitative estimate of drug-likeness (QED) is 0.684. The molecule has 2 aromatic rings. The third-order valence-electron chi connectivity index (χ3n) is 5.54. The van der Waals surface area contributed by atoms with Gasteiger partial charge in [0.15, 0.2) is 18.1 Å². The number of piperidine rings is 1. The lowest BCUT2D eigenvalue weighted by Crippen LogP contribution is -2.39. The number of methoxy groups -OCH3 is 2. The van der Waals surface area contributed by atoms with Crippen LogP contribution in [0.3, 0.4) is 0 Å². The van der Waals surface area contributed by atoms with E-state index in [0.29, 0.717) is 24.0 Å². The lowest BCUT2D eigenvalue weighted by molar-refractivity contribution is -0.123. The minimum atomic E-state index is -0.0988. The number of carbonyl (C=O) groups is 1.